The van der Waals surface area contributed by atoms with Crippen LogP contribution in [0.1, 0.15) is 181 Å². The van der Waals surface area contributed by atoms with Gasteiger partial charge in [0, 0.05) is 13.1 Å². The molecule has 0 aromatic rings. The van der Waals surface area contributed by atoms with Crippen molar-refractivity contribution < 1.29 is 0 Å². The third-order valence-corrected chi connectivity index (χ3v) is 11.0. The average Bonchev–Trinajstić information content (AvgIpc) is 3.83. The van der Waals surface area contributed by atoms with E-state index in [0.29, 0.717) is 0 Å². The van der Waals surface area contributed by atoms with E-state index in [2.05, 4.69) is 23.6 Å². The van der Waals surface area contributed by atoms with Crippen LogP contribution in [0.5, 0.6) is 0 Å². The van der Waals surface area contributed by atoms with Crippen LogP contribution in [0.25, 0.3) is 0 Å². The molecule has 0 bridgehead atoms. The summed E-state index contributed by atoms with van der Waals surface area (Å²) in [6.07, 6.45) is 38.5. The fraction of sp³-hybridized carbons (Fsp3) is 1.00. The Morgan fingerprint density at radius 1 is 0.475 bits per heavy atom. The molecular formula is C38H74N2. The lowest BCUT2D eigenvalue weighted by Crippen LogP contribution is -2.35. The highest BCUT2D eigenvalue weighted by atomic mass is 15.2. The van der Waals surface area contributed by atoms with Gasteiger partial charge in [0.15, 0.2) is 0 Å². The summed E-state index contributed by atoms with van der Waals surface area (Å²) in [5.41, 5.74) is 0. The molecule has 2 saturated carbocycles. The highest BCUT2D eigenvalue weighted by Crippen LogP contribution is 2.54. The first kappa shape index (κ1) is 34.4. The highest BCUT2D eigenvalue weighted by molar-refractivity contribution is 4.94. The van der Waals surface area contributed by atoms with Crippen molar-refractivity contribution >= 4 is 0 Å². The summed E-state index contributed by atoms with van der Waals surface area (Å²) >= 11 is 0. The lowest BCUT2D eigenvalue weighted by Gasteiger charge is -2.25. The first-order chi connectivity index (χ1) is 19.8. The van der Waals surface area contributed by atoms with E-state index in [1.165, 1.54) is 174 Å². The summed E-state index contributed by atoms with van der Waals surface area (Å²) in [6, 6.07) is 0. The number of likely N-dealkylation sites (tertiary alicyclic amines) is 1. The van der Waals surface area contributed by atoms with Crippen molar-refractivity contribution in [3.8, 4) is 0 Å². The predicted molar refractivity (Wildman–Crippen MR) is 178 cm³/mol. The Bertz CT molecular complexity index is 570. The van der Waals surface area contributed by atoms with Gasteiger partial charge in [0.25, 0.3) is 0 Å². The van der Waals surface area contributed by atoms with Crippen LogP contribution in [0.3, 0.4) is 0 Å². The minimum absolute atomic E-state index is 1.14. The number of nitrogens with zero attached hydrogens (tertiary/aromatic N) is 2. The van der Waals surface area contributed by atoms with Crippen molar-refractivity contribution in [2.24, 2.45) is 23.7 Å². The van der Waals surface area contributed by atoms with Crippen LogP contribution in [0.2, 0.25) is 0 Å². The number of unbranched alkanes of at least 4 members (excludes halogenated alkanes) is 16. The first-order valence-electron chi connectivity index (χ1n) is 19.2. The Kier molecular flexibility index (Phi) is 19.3. The smallest absolute Gasteiger partial charge is 0.0109 e. The fourth-order valence-electron chi connectivity index (χ4n) is 7.85. The van der Waals surface area contributed by atoms with Crippen LogP contribution in [0.15, 0.2) is 0 Å². The Balaban J connectivity index is 1.10. The van der Waals surface area contributed by atoms with Gasteiger partial charge in [-0.3, -0.25) is 0 Å². The van der Waals surface area contributed by atoms with Crippen molar-refractivity contribution in [1.82, 2.24) is 9.80 Å². The SMILES string of the molecule is CCCCCCCCCCN(CCCCCCCCCCC1CC1CC1CC1CCCCC)CCN1CCCC1. The molecule has 2 nitrogen and oxygen atoms in total. The molecule has 40 heavy (non-hydrogen) atoms. The minimum Gasteiger partial charge on any atom is -0.302 e. The average molecular weight is 559 g/mol. The lowest BCUT2D eigenvalue weighted by atomic mass is 10.0. The van der Waals surface area contributed by atoms with Crippen LogP contribution < -0.4 is 0 Å². The second kappa shape index (κ2) is 22.5. The zero-order valence-corrected chi connectivity index (χ0v) is 27.8. The second-order valence-electron chi connectivity index (χ2n) is 14.7. The van der Waals surface area contributed by atoms with Crippen LogP contribution >= 0.6 is 0 Å². The maximum atomic E-state index is 2.83. The monoisotopic (exact) mass is 559 g/mol. The van der Waals surface area contributed by atoms with Gasteiger partial charge in [-0.1, -0.05) is 136 Å². The number of hydrogen-bond donors (Lipinski definition) is 0. The molecule has 1 aliphatic heterocycles. The van der Waals surface area contributed by atoms with Gasteiger partial charge in [-0.05, 0) is 94.8 Å². The van der Waals surface area contributed by atoms with Gasteiger partial charge in [0.1, 0.15) is 0 Å². The standard InChI is InChI=1S/C38H74N2/c1-3-5-7-8-9-13-16-20-26-39(30-31-40-28-22-23-29-40)27-21-17-14-11-10-12-15-19-25-36-33-38(36)34-37-32-35(37)24-18-6-4-2/h35-38H,3-34H2,1-2H3. The molecule has 236 valence electrons. The Hall–Kier alpha value is -0.0800. The molecule has 3 fully saturated rings. The zero-order chi connectivity index (χ0) is 28.1. The number of rotatable bonds is 29. The normalized spacial score (nSPS) is 24.4. The highest BCUT2D eigenvalue weighted by Gasteiger charge is 2.44. The van der Waals surface area contributed by atoms with Crippen molar-refractivity contribution in [3.63, 3.8) is 0 Å². The Morgan fingerprint density at radius 3 is 1.43 bits per heavy atom. The molecule has 3 rings (SSSR count). The third-order valence-electron chi connectivity index (χ3n) is 11.0. The Labute approximate surface area is 253 Å². The van der Waals surface area contributed by atoms with E-state index in [4.69, 9.17) is 0 Å². The maximum Gasteiger partial charge on any atom is 0.0109 e. The topological polar surface area (TPSA) is 6.48 Å². The minimum atomic E-state index is 1.14. The Morgan fingerprint density at radius 2 is 0.900 bits per heavy atom. The van der Waals surface area contributed by atoms with Crippen molar-refractivity contribution in [3.05, 3.63) is 0 Å². The molecule has 1 saturated heterocycles. The summed E-state index contributed by atoms with van der Waals surface area (Å²) in [7, 11) is 0. The van der Waals surface area contributed by atoms with Crippen LogP contribution in [0.4, 0.5) is 0 Å². The molecule has 0 spiro atoms. The molecule has 0 amide bonds. The fourth-order valence-corrected chi connectivity index (χ4v) is 7.85. The zero-order valence-electron chi connectivity index (χ0n) is 27.8. The summed E-state index contributed by atoms with van der Waals surface area (Å²) < 4.78 is 0. The molecule has 4 atom stereocenters. The molecular weight excluding hydrogens is 484 g/mol. The molecule has 2 aliphatic carbocycles. The van der Waals surface area contributed by atoms with Crippen LogP contribution in [-0.4, -0.2) is 49.1 Å². The van der Waals surface area contributed by atoms with E-state index in [1.54, 1.807) is 32.1 Å². The van der Waals surface area contributed by atoms with Gasteiger partial charge in [0.2, 0.25) is 0 Å². The van der Waals surface area contributed by atoms with E-state index >= 15 is 0 Å². The van der Waals surface area contributed by atoms with Gasteiger partial charge in [-0.25, -0.2) is 0 Å². The van der Waals surface area contributed by atoms with Gasteiger partial charge < -0.3 is 9.80 Å². The molecule has 0 aromatic heterocycles. The molecule has 0 radical (unpaired) electrons. The van der Waals surface area contributed by atoms with Crippen LogP contribution in [0, 0.1) is 23.7 Å². The summed E-state index contributed by atoms with van der Waals surface area (Å²) in [5, 5.41) is 0. The van der Waals surface area contributed by atoms with E-state index in [-0.39, 0.29) is 0 Å². The summed E-state index contributed by atoms with van der Waals surface area (Å²) in [5.74, 6) is 4.57. The maximum absolute atomic E-state index is 2.83. The lowest BCUT2D eigenvalue weighted by molar-refractivity contribution is 0.217. The van der Waals surface area contributed by atoms with Crippen molar-refractivity contribution in [1.29, 1.82) is 0 Å². The second-order valence-corrected chi connectivity index (χ2v) is 14.7. The molecule has 2 heteroatoms. The summed E-state index contributed by atoms with van der Waals surface area (Å²) in [4.78, 5) is 5.54. The van der Waals surface area contributed by atoms with E-state index < -0.39 is 0 Å². The van der Waals surface area contributed by atoms with Gasteiger partial charge >= 0.3 is 0 Å². The van der Waals surface area contributed by atoms with Gasteiger partial charge in [0.05, 0.1) is 0 Å². The molecule has 4 unspecified atom stereocenters. The van der Waals surface area contributed by atoms with Gasteiger partial charge in [-0.2, -0.15) is 0 Å². The molecule has 1 heterocycles. The van der Waals surface area contributed by atoms with E-state index in [9.17, 15) is 0 Å². The van der Waals surface area contributed by atoms with Gasteiger partial charge in [-0.15, -0.1) is 0 Å². The quantitative estimate of drug-likeness (QED) is 0.0842. The molecule has 0 aromatic carbocycles. The first-order valence-corrected chi connectivity index (χ1v) is 19.2. The molecule has 3 aliphatic rings. The van der Waals surface area contributed by atoms with E-state index in [1.807, 2.05) is 0 Å². The van der Waals surface area contributed by atoms with E-state index in [0.717, 1.165) is 23.7 Å². The third kappa shape index (κ3) is 16.5. The van der Waals surface area contributed by atoms with Crippen molar-refractivity contribution in [2.75, 3.05) is 39.3 Å². The number of hydrogen-bond acceptors (Lipinski definition) is 2. The van der Waals surface area contributed by atoms with Crippen molar-refractivity contribution in [2.45, 2.75) is 181 Å². The summed E-state index contributed by atoms with van der Waals surface area (Å²) in [6.45, 7) is 12.7. The van der Waals surface area contributed by atoms with Crippen LogP contribution in [-0.2, 0) is 0 Å². The molecule has 0 N–H and O–H groups in total. The predicted octanol–water partition coefficient (Wildman–Crippen LogP) is 11.3. The largest absolute Gasteiger partial charge is 0.302 e.